The lowest BCUT2D eigenvalue weighted by atomic mass is 10.1. The molecule has 0 atom stereocenters. The summed E-state index contributed by atoms with van der Waals surface area (Å²) < 4.78 is 10.5. The molecular weight excluding hydrogens is 492 g/mol. The van der Waals surface area contributed by atoms with Crippen LogP contribution in [-0.4, -0.2) is 26.9 Å². The third-order valence-electron chi connectivity index (χ3n) is 5.45. The van der Waals surface area contributed by atoms with Gasteiger partial charge in [-0.3, -0.25) is 0 Å². The molecule has 0 saturated heterocycles. The second-order valence-electron chi connectivity index (χ2n) is 8.96. The lowest BCUT2D eigenvalue weighted by Gasteiger charge is -2.11. The number of aromatic nitrogens is 3. The highest BCUT2D eigenvalue weighted by Gasteiger charge is 2.11. The molecule has 3 aromatic carbocycles. The maximum atomic E-state index is 11.8. The molecule has 8 heteroatoms. The number of anilines is 2. The van der Waals surface area contributed by atoms with Gasteiger partial charge >= 0.3 is 11.9 Å². The Balaban J connectivity index is 1.54. The van der Waals surface area contributed by atoms with E-state index in [-0.39, 0.29) is 0 Å². The Hall–Kier alpha value is -5.11. The zero-order valence-electron chi connectivity index (χ0n) is 21.8. The van der Waals surface area contributed by atoms with Gasteiger partial charge in [0.05, 0.1) is 0 Å². The van der Waals surface area contributed by atoms with Gasteiger partial charge in [-0.1, -0.05) is 55.6 Å². The standard InChI is InChI=1S/C31H28N4O4/c1-20(2)29(36)38-25-14-10-23(11-15-25)19-28-33-27(18-22-8-6-5-7-9-22)34-31(35-28)32-24-12-16-26(17-13-24)39-30(37)21(3)4/h5-17H,1,3,18-19H2,2,4H3,(H,32,33,34,35). The highest BCUT2D eigenvalue weighted by atomic mass is 16.5. The van der Waals surface area contributed by atoms with Gasteiger partial charge in [0.1, 0.15) is 23.1 Å². The van der Waals surface area contributed by atoms with Crippen LogP contribution < -0.4 is 14.8 Å². The molecule has 4 rings (SSSR count). The van der Waals surface area contributed by atoms with E-state index < -0.39 is 11.9 Å². The second-order valence-corrected chi connectivity index (χ2v) is 8.96. The fourth-order valence-electron chi connectivity index (χ4n) is 3.44. The number of hydrogen-bond acceptors (Lipinski definition) is 8. The van der Waals surface area contributed by atoms with Crippen LogP contribution in [0.5, 0.6) is 11.5 Å². The summed E-state index contributed by atoms with van der Waals surface area (Å²) in [6.07, 6.45) is 0.986. The zero-order valence-corrected chi connectivity index (χ0v) is 21.8. The predicted molar refractivity (Wildman–Crippen MR) is 149 cm³/mol. The lowest BCUT2D eigenvalue weighted by molar-refractivity contribution is -0.130. The van der Waals surface area contributed by atoms with E-state index in [9.17, 15) is 9.59 Å². The number of carbonyl (C=O) groups excluding carboxylic acids is 2. The third kappa shape index (κ3) is 7.93. The molecule has 0 saturated carbocycles. The Morgan fingerprint density at radius 2 is 1.13 bits per heavy atom. The maximum Gasteiger partial charge on any atom is 0.338 e. The Kier molecular flexibility index (Phi) is 8.58. The Morgan fingerprint density at radius 1 is 0.667 bits per heavy atom. The van der Waals surface area contributed by atoms with E-state index in [0.29, 0.717) is 53.1 Å². The molecule has 0 fully saturated rings. The van der Waals surface area contributed by atoms with Crippen molar-refractivity contribution in [2.45, 2.75) is 26.7 Å². The van der Waals surface area contributed by atoms with Crippen LogP contribution in [-0.2, 0) is 22.4 Å². The molecule has 0 aliphatic rings. The summed E-state index contributed by atoms with van der Waals surface area (Å²) in [5.41, 5.74) is 3.39. The summed E-state index contributed by atoms with van der Waals surface area (Å²) in [4.78, 5) is 37.5. The van der Waals surface area contributed by atoms with E-state index in [2.05, 4.69) is 28.4 Å². The van der Waals surface area contributed by atoms with Crippen LogP contribution in [0.3, 0.4) is 0 Å². The van der Waals surface area contributed by atoms with Crippen LogP contribution in [0.15, 0.2) is 103 Å². The monoisotopic (exact) mass is 520 g/mol. The van der Waals surface area contributed by atoms with E-state index in [4.69, 9.17) is 14.5 Å². The number of ether oxygens (including phenoxy) is 2. The van der Waals surface area contributed by atoms with Crippen LogP contribution in [0.2, 0.25) is 0 Å². The summed E-state index contributed by atoms with van der Waals surface area (Å²) >= 11 is 0. The minimum atomic E-state index is -0.481. The van der Waals surface area contributed by atoms with Gasteiger partial charge in [0.25, 0.3) is 0 Å². The number of nitrogens with one attached hydrogen (secondary N) is 1. The lowest BCUT2D eigenvalue weighted by Crippen LogP contribution is -2.10. The van der Waals surface area contributed by atoms with Crippen LogP contribution in [0.4, 0.5) is 11.6 Å². The van der Waals surface area contributed by atoms with Gasteiger partial charge in [-0.25, -0.2) is 14.6 Å². The largest absolute Gasteiger partial charge is 0.423 e. The zero-order chi connectivity index (χ0) is 27.8. The van der Waals surface area contributed by atoms with Crippen molar-refractivity contribution < 1.29 is 19.1 Å². The molecule has 0 amide bonds. The molecule has 0 aliphatic carbocycles. The number of nitrogens with zero attached hydrogens (tertiary/aromatic N) is 3. The van der Waals surface area contributed by atoms with Crippen LogP contribution in [0.25, 0.3) is 0 Å². The first kappa shape index (κ1) is 26.9. The SMILES string of the molecule is C=C(C)C(=O)Oc1ccc(Cc2nc(Cc3ccccc3)nc(Nc3ccc(OC(=O)C(=C)C)cc3)n2)cc1. The Labute approximate surface area is 227 Å². The topological polar surface area (TPSA) is 103 Å². The number of benzene rings is 3. The minimum absolute atomic E-state index is 0.323. The van der Waals surface area contributed by atoms with Crippen LogP contribution in [0, 0.1) is 0 Å². The van der Waals surface area contributed by atoms with Crippen LogP contribution in [0.1, 0.15) is 36.6 Å². The van der Waals surface area contributed by atoms with Gasteiger partial charge in [0, 0.05) is 29.7 Å². The van der Waals surface area contributed by atoms with E-state index in [1.54, 1.807) is 50.2 Å². The van der Waals surface area contributed by atoms with Crippen molar-refractivity contribution in [3.05, 3.63) is 126 Å². The van der Waals surface area contributed by atoms with E-state index >= 15 is 0 Å². The molecule has 1 heterocycles. The summed E-state index contributed by atoms with van der Waals surface area (Å²) in [6, 6.07) is 24.0. The molecule has 0 spiro atoms. The average molecular weight is 521 g/mol. The number of esters is 2. The van der Waals surface area contributed by atoms with Crippen molar-refractivity contribution in [2.75, 3.05) is 5.32 Å². The van der Waals surface area contributed by atoms with Crippen molar-refractivity contribution in [3.8, 4) is 11.5 Å². The van der Waals surface area contributed by atoms with Crippen LogP contribution >= 0.6 is 0 Å². The fourth-order valence-corrected chi connectivity index (χ4v) is 3.44. The highest BCUT2D eigenvalue weighted by Crippen LogP contribution is 2.21. The molecule has 8 nitrogen and oxygen atoms in total. The summed E-state index contributed by atoms with van der Waals surface area (Å²) in [6.45, 7) is 10.4. The number of carbonyl (C=O) groups is 2. The van der Waals surface area contributed by atoms with Crippen molar-refractivity contribution in [3.63, 3.8) is 0 Å². The number of rotatable bonds is 10. The Morgan fingerprint density at radius 3 is 1.62 bits per heavy atom. The van der Waals surface area contributed by atoms with Gasteiger partial charge in [-0.2, -0.15) is 9.97 Å². The smallest absolute Gasteiger partial charge is 0.338 e. The van der Waals surface area contributed by atoms with Crippen molar-refractivity contribution in [1.82, 2.24) is 15.0 Å². The van der Waals surface area contributed by atoms with Gasteiger partial charge in [0.2, 0.25) is 5.95 Å². The van der Waals surface area contributed by atoms with Crippen molar-refractivity contribution in [1.29, 1.82) is 0 Å². The van der Waals surface area contributed by atoms with Gasteiger partial charge in [-0.05, 0) is 61.4 Å². The molecule has 0 radical (unpaired) electrons. The van der Waals surface area contributed by atoms with Crippen molar-refractivity contribution >= 4 is 23.6 Å². The Bertz CT molecular complexity index is 1410. The average Bonchev–Trinajstić information content (AvgIpc) is 2.91. The molecule has 0 aliphatic heterocycles. The fraction of sp³-hybridized carbons (Fsp3) is 0.129. The third-order valence-corrected chi connectivity index (χ3v) is 5.45. The van der Waals surface area contributed by atoms with E-state index in [1.165, 1.54) is 0 Å². The quantitative estimate of drug-likeness (QED) is 0.160. The highest BCUT2D eigenvalue weighted by molar-refractivity contribution is 5.89. The van der Waals surface area contributed by atoms with Gasteiger partial charge < -0.3 is 14.8 Å². The predicted octanol–water partition coefficient (Wildman–Crippen LogP) is 5.76. The van der Waals surface area contributed by atoms with Gasteiger partial charge in [-0.15, -0.1) is 0 Å². The van der Waals surface area contributed by atoms with Crippen molar-refractivity contribution in [2.24, 2.45) is 0 Å². The first-order chi connectivity index (χ1) is 18.7. The molecule has 1 aromatic heterocycles. The first-order valence-electron chi connectivity index (χ1n) is 12.2. The molecule has 4 aromatic rings. The molecular formula is C31H28N4O4. The normalized spacial score (nSPS) is 10.4. The number of hydrogen-bond donors (Lipinski definition) is 1. The molecule has 39 heavy (non-hydrogen) atoms. The molecule has 0 unspecified atom stereocenters. The summed E-state index contributed by atoms with van der Waals surface area (Å²) in [7, 11) is 0. The minimum Gasteiger partial charge on any atom is -0.423 e. The molecule has 0 bridgehead atoms. The van der Waals surface area contributed by atoms with E-state index in [1.807, 2.05) is 42.5 Å². The van der Waals surface area contributed by atoms with E-state index in [0.717, 1.165) is 16.8 Å². The maximum absolute atomic E-state index is 11.8. The molecule has 1 N–H and O–H groups in total. The summed E-state index contributed by atoms with van der Waals surface area (Å²) in [5, 5.41) is 3.21. The molecule has 196 valence electrons. The van der Waals surface area contributed by atoms with Gasteiger partial charge in [0.15, 0.2) is 0 Å². The summed E-state index contributed by atoms with van der Waals surface area (Å²) in [5.74, 6) is 1.49. The first-order valence-corrected chi connectivity index (χ1v) is 12.2. The second kappa shape index (κ2) is 12.4.